The van der Waals surface area contributed by atoms with Crippen LogP contribution in [0.25, 0.3) is 0 Å². The van der Waals surface area contributed by atoms with Gasteiger partial charge in [0, 0.05) is 19.0 Å². The fraction of sp³-hybridized carbons (Fsp3) is 0.533. The second kappa shape index (κ2) is 7.92. The average molecular weight is 263 g/mol. The molecule has 19 heavy (non-hydrogen) atoms. The maximum Gasteiger partial charge on any atom is 0.222 e. The first-order valence-corrected chi connectivity index (χ1v) is 6.77. The van der Waals surface area contributed by atoms with Crippen molar-refractivity contribution in [1.82, 2.24) is 10.2 Å². The first-order valence-electron chi connectivity index (χ1n) is 6.77. The first kappa shape index (κ1) is 15.7. The Kier molecular flexibility index (Phi) is 6.53. The highest BCUT2D eigenvalue weighted by Gasteiger charge is 2.16. The van der Waals surface area contributed by atoms with Crippen LogP contribution in [0.3, 0.4) is 0 Å². The van der Waals surface area contributed by atoms with Gasteiger partial charge in [0.2, 0.25) is 5.91 Å². The summed E-state index contributed by atoms with van der Waals surface area (Å²) in [5.74, 6) is 0.0186. The van der Waals surface area contributed by atoms with E-state index in [1.807, 2.05) is 51.4 Å². The summed E-state index contributed by atoms with van der Waals surface area (Å²) in [6, 6.07) is 9.97. The van der Waals surface area contributed by atoms with E-state index in [9.17, 15) is 4.79 Å². The number of nitrogens with zero attached hydrogens (tertiary/aromatic N) is 1. The predicted octanol–water partition coefficient (Wildman–Crippen LogP) is 1.53. The van der Waals surface area contributed by atoms with Crippen molar-refractivity contribution in [3.8, 4) is 0 Å². The lowest BCUT2D eigenvalue weighted by atomic mass is 10.1. The highest BCUT2D eigenvalue weighted by atomic mass is 16.1. The largest absolute Gasteiger partial charge is 0.348 e. The zero-order valence-corrected chi connectivity index (χ0v) is 12.1. The van der Waals surface area contributed by atoms with Crippen LogP contribution in [0.4, 0.5) is 0 Å². The molecule has 0 saturated heterocycles. The smallest absolute Gasteiger partial charge is 0.222 e. The Bertz CT molecular complexity index is 378. The van der Waals surface area contributed by atoms with Gasteiger partial charge in [0.15, 0.2) is 0 Å². The number of hydrogen-bond acceptors (Lipinski definition) is 3. The SMILES string of the molecule is CCC(N)CC(=O)NC(CN(C)C)c1ccccc1. The second-order valence-electron chi connectivity index (χ2n) is 5.17. The van der Waals surface area contributed by atoms with E-state index >= 15 is 0 Å². The number of rotatable bonds is 7. The molecule has 0 saturated carbocycles. The van der Waals surface area contributed by atoms with Crippen LogP contribution in [-0.4, -0.2) is 37.5 Å². The third-order valence-corrected chi connectivity index (χ3v) is 3.06. The molecule has 1 rings (SSSR count). The van der Waals surface area contributed by atoms with Crippen LogP contribution in [0.5, 0.6) is 0 Å². The van der Waals surface area contributed by atoms with Crippen LogP contribution in [0, 0.1) is 0 Å². The topological polar surface area (TPSA) is 58.4 Å². The number of likely N-dealkylation sites (N-methyl/N-ethyl adjacent to an activating group) is 1. The van der Waals surface area contributed by atoms with Crippen LogP contribution in [0.1, 0.15) is 31.4 Å². The number of carbonyl (C=O) groups excluding carboxylic acids is 1. The van der Waals surface area contributed by atoms with E-state index in [0.29, 0.717) is 6.42 Å². The van der Waals surface area contributed by atoms with Gasteiger partial charge in [-0.05, 0) is 26.1 Å². The minimum absolute atomic E-state index is 0.00718. The fourth-order valence-electron chi connectivity index (χ4n) is 1.92. The van der Waals surface area contributed by atoms with E-state index in [4.69, 9.17) is 5.73 Å². The molecule has 0 radical (unpaired) electrons. The molecule has 0 aliphatic rings. The number of hydrogen-bond donors (Lipinski definition) is 2. The van der Waals surface area contributed by atoms with E-state index in [0.717, 1.165) is 18.5 Å². The number of amides is 1. The Labute approximate surface area is 116 Å². The summed E-state index contributed by atoms with van der Waals surface area (Å²) in [6.45, 7) is 2.77. The molecular formula is C15H25N3O. The molecule has 0 aromatic heterocycles. The molecule has 0 aliphatic carbocycles. The van der Waals surface area contributed by atoms with Gasteiger partial charge in [-0.1, -0.05) is 37.3 Å². The van der Waals surface area contributed by atoms with Crippen LogP contribution in [-0.2, 0) is 4.79 Å². The molecule has 4 heteroatoms. The third-order valence-electron chi connectivity index (χ3n) is 3.06. The number of nitrogens with one attached hydrogen (secondary N) is 1. The Balaban J connectivity index is 2.68. The van der Waals surface area contributed by atoms with Gasteiger partial charge in [0.05, 0.1) is 6.04 Å². The molecule has 3 N–H and O–H groups in total. The molecule has 0 spiro atoms. The molecule has 1 aromatic rings. The van der Waals surface area contributed by atoms with Gasteiger partial charge in [-0.15, -0.1) is 0 Å². The van der Waals surface area contributed by atoms with Crippen molar-refractivity contribution in [2.75, 3.05) is 20.6 Å². The Morgan fingerprint density at radius 3 is 2.47 bits per heavy atom. The Hall–Kier alpha value is -1.39. The van der Waals surface area contributed by atoms with Gasteiger partial charge in [0.1, 0.15) is 0 Å². The van der Waals surface area contributed by atoms with Gasteiger partial charge in [-0.3, -0.25) is 4.79 Å². The standard InChI is InChI=1S/C15H25N3O/c1-4-13(16)10-15(19)17-14(11-18(2)3)12-8-6-5-7-9-12/h5-9,13-14H,4,10-11,16H2,1-3H3,(H,17,19). The molecule has 0 bridgehead atoms. The minimum Gasteiger partial charge on any atom is -0.348 e. The maximum atomic E-state index is 12.0. The molecule has 1 aromatic carbocycles. The van der Waals surface area contributed by atoms with Gasteiger partial charge < -0.3 is 16.0 Å². The van der Waals surface area contributed by atoms with Crippen molar-refractivity contribution in [2.45, 2.75) is 31.8 Å². The second-order valence-corrected chi connectivity index (χ2v) is 5.17. The minimum atomic E-state index is -0.0595. The third kappa shape index (κ3) is 5.85. The molecule has 106 valence electrons. The monoisotopic (exact) mass is 263 g/mol. The Morgan fingerprint density at radius 2 is 1.95 bits per heavy atom. The van der Waals surface area contributed by atoms with Gasteiger partial charge in [-0.2, -0.15) is 0 Å². The lowest BCUT2D eigenvalue weighted by Gasteiger charge is -2.23. The van der Waals surface area contributed by atoms with Crippen molar-refractivity contribution >= 4 is 5.91 Å². The lowest BCUT2D eigenvalue weighted by molar-refractivity contribution is -0.122. The van der Waals surface area contributed by atoms with Crippen molar-refractivity contribution in [2.24, 2.45) is 5.73 Å². The van der Waals surface area contributed by atoms with Crippen molar-refractivity contribution in [1.29, 1.82) is 0 Å². The highest BCUT2D eigenvalue weighted by molar-refractivity contribution is 5.77. The zero-order chi connectivity index (χ0) is 14.3. The normalized spacial score (nSPS) is 14.2. The predicted molar refractivity (Wildman–Crippen MR) is 78.8 cm³/mol. The first-order chi connectivity index (χ1) is 9.02. The molecule has 0 heterocycles. The van der Waals surface area contributed by atoms with Crippen LogP contribution >= 0.6 is 0 Å². The molecule has 2 unspecified atom stereocenters. The highest BCUT2D eigenvalue weighted by Crippen LogP contribution is 2.13. The molecule has 0 aliphatic heterocycles. The van der Waals surface area contributed by atoms with Crippen molar-refractivity contribution in [3.05, 3.63) is 35.9 Å². The van der Waals surface area contributed by atoms with Crippen LogP contribution in [0.15, 0.2) is 30.3 Å². The summed E-state index contributed by atoms with van der Waals surface area (Å²) < 4.78 is 0. The quantitative estimate of drug-likeness (QED) is 0.784. The zero-order valence-electron chi connectivity index (χ0n) is 12.1. The summed E-state index contributed by atoms with van der Waals surface area (Å²) in [5.41, 5.74) is 6.94. The van der Waals surface area contributed by atoms with Crippen molar-refractivity contribution < 1.29 is 4.79 Å². The lowest BCUT2D eigenvalue weighted by Crippen LogP contribution is -2.38. The van der Waals surface area contributed by atoms with E-state index in [-0.39, 0.29) is 18.0 Å². The Morgan fingerprint density at radius 1 is 1.32 bits per heavy atom. The number of carbonyl (C=O) groups is 1. The maximum absolute atomic E-state index is 12.0. The number of nitrogens with two attached hydrogens (primary N) is 1. The van der Waals surface area contributed by atoms with Crippen molar-refractivity contribution in [3.63, 3.8) is 0 Å². The summed E-state index contributed by atoms with van der Waals surface area (Å²) in [6.07, 6.45) is 1.20. The molecule has 0 fully saturated rings. The van der Waals surface area contributed by atoms with E-state index in [1.165, 1.54) is 0 Å². The van der Waals surface area contributed by atoms with E-state index in [2.05, 4.69) is 10.2 Å². The van der Waals surface area contributed by atoms with Gasteiger partial charge in [-0.25, -0.2) is 0 Å². The fourth-order valence-corrected chi connectivity index (χ4v) is 1.92. The molecule has 1 amide bonds. The van der Waals surface area contributed by atoms with Gasteiger partial charge >= 0.3 is 0 Å². The summed E-state index contributed by atoms with van der Waals surface area (Å²) in [7, 11) is 4.00. The molecule has 2 atom stereocenters. The average Bonchev–Trinajstić information content (AvgIpc) is 2.38. The van der Waals surface area contributed by atoms with Crippen LogP contribution < -0.4 is 11.1 Å². The number of benzene rings is 1. The van der Waals surface area contributed by atoms with Crippen LogP contribution in [0.2, 0.25) is 0 Å². The molecular weight excluding hydrogens is 238 g/mol. The van der Waals surface area contributed by atoms with Gasteiger partial charge in [0.25, 0.3) is 0 Å². The summed E-state index contributed by atoms with van der Waals surface area (Å²) >= 11 is 0. The van der Waals surface area contributed by atoms with E-state index < -0.39 is 0 Å². The summed E-state index contributed by atoms with van der Waals surface area (Å²) in [5, 5.41) is 3.07. The summed E-state index contributed by atoms with van der Waals surface area (Å²) in [4.78, 5) is 14.0. The molecule has 4 nitrogen and oxygen atoms in total. The van der Waals surface area contributed by atoms with E-state index in [1.54, 1.807) is 0 Å².